The predicted octanol–water partition coefficient (Wildman–Crippen LogP) is 5.21. The normalized spacial score (nSPS) is 11.2. The van der Waals surface area contributed by atoms with Crippen LogP contribution in [0.5, 0.6) is 5.75 Å². The molecule has 3 aromatic carbocycles. The molecule has 1 amide bonds. The number of rotatable bonds is 6. The number of nitrogens with zero attached hydrogens (tertiary/aromatic N) is 1. The molecule has 0 saturated carbocycles. The number of benzene rings is 3. The number of amides is 1. The number of hydrazone groups is 1. The number of hydrogen-bond acceptors (Lipinski definition) is 3. The summed E-state index contributed by atoms with van der Waals surface area (Å²) in [5.74, 6) is -0.223. The van der Waals surface area contributed by atoms with Crippen molar-refractivity contribution in [2.75, 3.05) is 0 Å². The molecule has 142 valence electrons. The van der Waals surface area contributed by atoms with Crippen LogP contribution >= 0.6 is 11.6 Å². The Hall–Kier alpha value is -3.18. The molecule has 0 saturated heterocycles. The molecule has 1 N–H and O–H groups in total. The van der Waals surface area contributed by atoms with Crippen LogP contribution in [-0.2, 0) is 6.61 Å². The Balaban J connectivity index is 1.58. The minimum atomic E-state index is -0.471. The second-order valence-corrected chi connectivity index (χ2v) is 6.52. The van der Waals surface area contributed by atoms with E-state index < -0.39 is 11.7 Å². The number of hydrogen-bond donors (Lipinski definition) is 1. The molecule has 0 aliphatic heterocycles. The first kappa shape index (κ1) is 19.6. The molecule has 3 rings (SSSR count). The fraction of sp³-hybridized carbons (Fsp3) is 0.0909. The smallest absolute Gasteiger partial charge is 0.271 e. The summed E-state index contributed by atoms with van der Waals surface area (Å²) in [6.45, 7) is 2.21. The van der Waals surface area contributed by atoms with Crippen LogP contribution in [0.2, 0.25) is 5.02 Å². The second kappa shape index (κ2) is 9.15. The van der Waals surface area contributed by atoms with Crippen LogP contribution in [0.15, 0.2) is 77.9 Å². The maximum atomic E-state index is 13.2. The minimum Gasteiger partial charge on any atom is -0.489 e. The Labute approximate surface area is 167 Å². The zero-order valence-corrected chi connectivity index (χ0v) is 15.9. The van der Waals surface area contributed by atoms with Crippen molar-refractivity contribution in [1.82, 2.24) is 5.43 Å². The summed E-state index contributed by atoms with van der Waals surface area (Å²) in [6.07, 6.45) is 0. The largest absolute Gasteiger partial charge is 0.489 e. The van der Waals surface area contributed by atoms with Crippen LogP contribution in [-0.4, -0.2) is 11.6 Å². The van der Waals surface area contributed by atoms with E-state index in [9.17, 15) is 9.18 Å². The van der Waals surface area contributed by atoms with Gasteiger partial charge in [-0.3, -0.25) is 4.79 Å². The van der Waals surface area contributed by atoms with Crippen molar-refractivity contribution in [1.29, 1.82) is 0 Å². The molecule has 0 aliphatic rings. The molecule has 28 heavy (non-hydrogen) atoms. The summed E-state index contributed by atoms with van der Waals surface area (Å²) in [4.78, 5) is 12.0. The molecule has 0 unspecified atom stereocenters. The van der Waals surface area contributed by atoms with Crippen LogP contribution in [0.25, 0.3) is 0 Å². The van der Waals surface area contributed by atoms with Crippen molar-refractivity contribution in [2.24, 2.45) is 5.10 Å². The fourth-order valence-electron chi connectivity index (χ4n) is 2.43. The molecule has 0 atom stereocenters. The van der Waals surface area contributed by atoms with E-state index in [2.05, 4.69) is 10.5 Å². The molecule has 0 heterocycles. The van der Waals surface area contributed by atoms with Gasteiger partial charge in [-0.1, -0.05) is 29.8 Å². The first-order chi connectivity index (χ1) is 13.5. The molecule has 6 heteroatoms. The highest BCUT2D eigenvalue weighted by molar-refractivity contribution is 6.30. The van der Waals surface area contributed by atoms with Crippen LogP contribution in [0.1, 0.15) is 28.4 Å². The Morgan fingerprint density at radius 1 is 1.04 bits per heavy atom. The van der Waals surface area contributed by atoms with Gasteiger partial charge in [-0.15, -0.1) is 0 Å². The van der Waals surface area contributed by atoms with Gasteiger partial charge in [0, 0.05) is 10.6 Å². The van der Waals surface area contributed by atoms with Gasteiger partial charge in [-0.25, -0.2) is 9.82 Å². The van der Waals surface area contributed by atoms with Gasteiger partial charge in [0.2, 0.25) is 0 Å². The third-order valence-electron chi connectivity index (χ3n) is 4.00. The fourth-order valence-corrected chi connectivity index (χ4v) is 2.56. The van der Waals surface area contributed by atoms with Crippen LogP contribution in [0.4, 0.5) is 4.39 Å². The summed E-state index contributed by atoms with van der Waals surface area (Å²) in [5, 5.41) is 4.76. The van der Waals surface area contributed by atoms with E-state index in [4.69, 9.17) is 16.3 Å². The van der Waals surface area contributed by atoms with Crippen molar-refractivity contribution in [3.8, 4) is 5.75 Å². The van der Waals surface area contributed by atoms with Gasteiger partial charge in [0.15, 0.2) is 0 Å². The summed E-state index contributed by atoms with van der Waals surface area (Å²) >= 11 is 5.87. The van der Waals surface area contributed by atoms with E-state index >= 15 is 0 Å². The molecule has 4 nitrogen and oxygen atoms in total. The maximum absolute atomic E-state index is 13.2. The number of carbonyl (C=O) groups excluding carboxylic acids is 1. The lowest BCUT2D eigenvalue weighted by Gasteiger charge is -2.08. The molecular formula is C22H18ClFN2O2. The number of ether oxygens (including phenoxy) is 1. The minimum absolute atomic E-state index is 0.211. The molecular weight excluding hydrogens is 379 g/mol. The average molecular weight is 397 g/mol. The molecule has 0 bridgehead atoms. The standard InChI is InChI=1S/C22H18ClFN2O2/c1-15(25-26-22(27)18-3-2-4-20(24)13-18)17-7-11-21(12-8-17)28-14-16-5-9-19(23)10-6-16/h2-13H,14H2,1H3,(H,26,27). The van der Waals surface area contributed by atoms with Gasteiger partial charge in [-0.2, -0.15) is 5.10 Å². The van der Waals surface area contributed by atoms with Crippen LogP contribution in [0, 0.1) is 5.82 Å². The Morgan fingerprint density at radius 3 is 2.43 bits per heavy atom. The van der Waals surface area contributed by atoms with E-state index in [1.54, 1.807) is 6.92 Å². The second-order valence-electron chi connectivity index (χ2n) is 6.09. The lowest BCUT2D eigenvalue weighted by Crippen LogP contribution is -2.19. The Bertz CT molecular complexity index is 986. The van der Waals surface area contributed by atoms with Crippen molar-refractivity contribution in [2.45, 2.75) is 13.5 Å². The third kappa shape index (κ3) is 5.41. The van der Waals surface area contributed by atoms with Gasteiger partial charge in [0.05, 0.1) is 5.71 Å². The highest BCUT2D eigenvalue weighted by Gasteiger charge is 2.06. The van der Waals surface area contributed by atoms with Gasteiger partial charge >= 0.3 is 0 Å². The zero-order valence-electron chi connectivity index (χ0n) is 15.2. The SMILES string of the molecule is CC(=NNC(=O)c1cccc(F)c1)c1ccc(OCc2ccc(Cl)cc2)cc1. The van der Waals surface area contributed by atoms with E-state index in [0.29, 0.717) is 17.3 Å². The van der Waals surface area contributed by atoms with Gasteiger partial charge in [0.25, 0.3) is 5.91 Å². The zero-order chi connectivity index (χ0) is 19.9. The van der Waals surface area contributed by atoms with Gasteiger partial charge in [0.1, 0.15) is 18.2 Å². The van der Waals surface area contributed by atoms with E-state index in [0.717, 1.165) is 22.9 Å². The lowest BCUT2D eigenvalue weighted by atomic mass is 10.1. The Kier molecular flexibility index (Phi) is 6.40. The molecule has 0 aromatic heterocycles. The number of halogens is 2. The lowest BCUT2D eigenvalue weighted by molar-refractivity contribution is 0.0954. The number of carbonyl (C=O) groups is 1. The maximum Gasteiger partial charge on any atom is 0.271 e. The molecule has 0 fully saturated rings. The first-order valence-corrected chi connectivity index (χ1v) is 8.97. The molecule has 3 aromatic rings. The first-order valence-electron chi connectivity index (χ1n) is 8.59. The number of nitrogens with one attached hydrogen (secondary N) is 1. The van der Waals surface area contributed by atoms with Crippen LogP contribution < -0.4 is 10.2 Å². The topological polar surface area (TPSA) is 50.7 Å². The molecule has 0 spiro atoms. The van der Waals surface area contributed by atoms with Crippen molar-refractivity contribution >= 4 is 23.2 Å². The summed E-state index contributed by atoms with van der Waals surface area (Å²) in [6, 6.07) is 20.3. The quantitative estimate of drug-likeness (QED) is 0.459. The van der Waals surface area contributed by atoms with Crippen molar-refractivity contribution in [3.63, 3.8) is 0 Å². The predicted molar refractivity (Wildman–Crippen MR) is 108 cm³/mol. The van der Waals surface area contributed by atoms with Crippen molar-refractivity contribution < 1.29 is 13.9 Å². The van der Waals surface area contributed by atoms with Gasteiger partial charge < -0.3 is 4.74 Å². The van der Waals surface area contributed by atoms with E-state index in [1.165, 1.54) is 18.2 Å². The molecule has 0 radical (unpaired) electrons. The Morgan fingerprint density at radius 2 is 1.75 bits per heavy atom. The average Bonchev–Trinajstić information content (AvgIpc) is 2.71. The van der Waals surface area contributed by atoms with Gasteiger partial charge in [-0.05, 0) is 72.6 Å². The van der Waals surface area contributed by atoms with Crippen molar-refractivity contribution in [3.05, 3.63) is 100 Å². The highest BCUT2D eigenvalue weighted by Crippen LogP contribution is 2.16. The monoisotopic (exact) mass is 396 g/mol. The summed E-state index contributed by atoms with van der Waals surface area (Å²) < 4.78 is 18.9. The third-order valence-corrected chi connectivity index (χ3v) is 4.25. The molecule has 0 aliphatic carbocycles. The summed E-state index contributed by atoms with van der Waals surface area (Å²) in [5.41, 5.74) is 5.11. The van der Waals surface area contributed by atoms with Crippen LogP contribution in [0.3, 0.4) is 0 Å². The van der Waals surface area contributed by atoms with E-state index in [-0.39, 0.29) is 5.56 Å². The van der Waals surface area contributed by atoms with E-state index in [1.807, 2.05) is 48.5 Å². The summed E-state index contributed by atoms with van der Waals surface area (Å²) in [7, 11) is 0. The highest BCUT2D eigenvalue weighted by atomic mass is 35.5.